The van der Waals surface area contributed by atoms with Gasteiger partial charge in [0.1, 0.15) is 13.2 Å². The van der Waals surface area contributed by atoms with E-state index in [1.54, 1.807) is 0 Å². The Labute approximate surface area is 188 Å². The van der Waals surface area contributed by atoms with Crippen molar-refractivity contribution in [3.63, 3.8) is 0 Å². The number of hydrogen-bond acceptors (Lipinski definition) is 6. The van der Waals surface area contributed by atoms with Crippen LogP contribution in [0.25, 0.3) is 0 Å². The van der Waals surface area contributed by atoms with Crippen molar-refractivity contribution in [1.29, 1.82) is 0 Å². The van der Waals surface area contributed by atoms with Crippen LogP contribution in [0.2, 0.25) is 0 Å². The SMILES string of the molecule is C=CCC(C)(C)CNN=C(NC(=O)OCc1ccccc1)NC(=O)OCc1ccccc1. The van der Waals surface area contributed by atoms with Crippen LogP contribution in [-0.4, -0.2) is 24.7 Å². The quantitative estimate of drug-likeness (QED) is 0.234. The largest absolute Gasteiger partial charge is 0.444 e. The van der Waals surface area contributed by atoms with Crippen LogP contribution in [0.15, 0.2) is 78.4 Å². The van der Waals surface area contributed by atoms with Crippen LogP contribution in [-0.2, 0) is 22.7 Å². The number of rotatable bonds is 9. The number of hydrogen-bond donors (Lipinski definition) is 3. The lowest BCUT2D eigenvalue weighted by Gasteiger charge is -2.22. The summed E-state index contributed by atoms with van der Waals surface area (Å²) < 4.78 is 10.4. The van der Waals surface area contributed by atoms with Crippen molar-refractivity contribution >= 4 is 18.1 Å². The monoisotopic (exact) mass is 438 g/mol. The number of carbonyl (C=O) groups excluding carboxylic acids is 2. The van der Waals surface area contributed by atoms with E-state index < -0.39 is 12.2 Å². The van der Waals surface area contributed by atoms with E-state index in [2.05, 4.69) is 27.7 Å². The smallest absolute Gasteiger partial charge is 0.414 e. The molecule has 2 amide bonds. The molecule has 170 valence electrons. The Kier molecular flexibility index (Phi) is 9.77. The summed E-state index contributed by atoms with van der Waals surface area (Å²) in [6, 6.07) is 18.5. The minimum absolute atomic E-state index is 0.0815. The maximum atomic E-state index is 12.2. The lowest BCUT2D eigenvalue weighted by Crippen LogP contribution is -2.45. The Morgan fingerprint density at radius 1 is 0.906 bits per heavy atom. The number of carbonyl (C=O) groups is 2. The molecule has 32 heavy (non-hydrogen) atoms. The maximum Gasteiger partial charge on any atom is 0.414 e. The van der Waals surface area contributed by atoms with E-state index in [0.29, 0.717) is 6.54 Å². The molecule has 0 unspecified atom stereocenters. The second-order valence-corrected chi connectivity index (χ2v) is 7.83. The standard InChI is InChI=1S/C24H30N4O4/c1-4-15-24(2,3)18-25-28-21(26-22(29)31-16-19-11-7-5-8-12-19)27-23(30)32-17-20-13-9-6-10-14-20/h4-14,25H,1,15-18H2,2-3H3,(H2,26,27,28,29,30). The van der Waals surface area contributed by atoms with Gasteiger partial charge in [0.2, 0.25) is 5.96 Å². The zero-order valence-electron chi connectivity index (χ0n) is 18.5. The van der Waals surface area contributed by atoms with Crippen molar-refractivity contribution in [2.75, 3.05) is 6.54 Å². The number of allylic oxidation sites excluding steroid dienone is 1. The van der Waals surface area contributed by atoms with Gasteiger partial charge in [0.05, 0.1) is 0 Å². The first-order valence-electron chi connectivity index (χ1n) is 10.2. The maximum absolute atomic E-state index is 12.2. The summed E-state index contributed by atoms with van der Waals surface area (Å²) in [7, 11) is 0. The zero-order valence-corrected chi connectivity index (χ0v) is 18.5. The highest BCUT2D eigenvalue weighted by molar-refractivity contribution is 6.01. The summed E-state index contributed by atoms with van der Waals surface area (Å²) in [4.78, 5) is 24.4. The van der Waals surface area contributed by atoms with Gasteiger partial charge >= 0.3 is 12.2 Å². The highest BCUT2D eigenvalue weighted by Crippen LogP contribution is 2.18. The van der Waals surface area contributed by atoms with Crippen molar-refractivity contribution < 1.29 is 19.1 Å². The second kappa shape index (κ2) is 12.8. The van der Waals surface area contributed by atoms with Gasteiger partial charge < -0.3 is 14.9 Å². The molecule has 8 nitrogen and oxygen atoms in total. The third-order valence-electron chi connectivity index (χ3n) is 4.31. The van der Waals surface area contributed by atoms with Crippen LogP contribution >= 0.6 is 0 Å². The molecule has 0 bridgehead atoms. The Morgan fingerprint density at radius 2 is 1.38 bits per heavy atom. The van der Waals surface area contributed by atoms with E-state index >= 15 is 0 Å². The number of hydrazone groups is 1. The highest BCUT2D eigenvalue weighted by Gasteiger charge is 2.16. The summed E-state index contributed by atoms with van der Waals surface area (Å²) in [5.74, 6) is -0.129. The Morgan fingerprint density at radius 3 is 1.81 bits per heavy atom. The summed E-state index contributed by atoms with van der Waals surface area (Å²) in [5, 5.41) is 8.95. The molecule has 0 heterocycles. The molecule has 0 aliphatic heterocycles. The molecule has 0 spiro atoms. The molecule has 3 N–H and O–H groups in total. The number of nitrogens with zero attached hydrogens (tertiary/aromatic N) is 1. The third-order valence-corrected chi connectivity index (χ3v) is 4.31. The van der Waals surface area contributed by atoms with Crippen molar-refractivity contribution in [1.82, 2.24) is 16.1 Å². The fourth-order valence-electron chi connectivity index (χ4n) is 2.59. The molecule has 8 heteroatoms. The molecule has 0 aliphatic rings. The van der Waals surface area contributed by atoms with Gasteiger partial charge in [-0.1, -0.05) is 80.6 Å². The van der Waals surface area contributed by atoms with Crippen LogP contribution < -0.4 is 16.1 Å². The van der Waals surface area contributed by atoms with Gasteiger partial charge in [-0.25, -0.2) is 9.59 Å². The van der Waals surface area contributed by atoms with Gasteiger partial charge in [0.25, 0.3) is 0 Å². The summed E-state index contributed by atoms with van der Waals surface area (Å²) in [6.45, 7) is 8.48. The molecule has 2 rings (SSSR count). The molecule has 0 aliphatic carbocycles. The normalized spacial score (nSPS) is 10.4. The fraction of sp³-hybridized carbons (Fsp3) is 0.292. The second-order valence-electron chi connectivity index (χ2n) is 7.83. The number of nitrogens with one attached hydrogen (secondary N) is 3. The van der Waals surface area contributed by atoms with E-state index in [1.165, 1.54) is 0 Å². The molecule has 0 saturated heterocycles. The number of amides is 2. The average Bonchev–Trinajstić information content (AvgIpc) is 2.77. The van der Waals surface area contributed by atoms with Gasteiger partial charge in [-0.15, -0.1) is 11.7 Å². The van der Waals surface area contributed by atoms with Crippen LogP contribution in [0, 0.1) is 5.41 Å². The zero-order chi connectivity index (χ0) is 23.2. The van der Waals surface area contributed by atoms with E-state index in [9.17, 15) is 9.59 Å². The topological polar surface area (TPSA) is 101 Å². The van der Waals surface area contributed by atoms with Gasteiger partial charge in [-0.2, -0.15) is 0 Å². The molecular weight excluding hydrogens is 408 g/mol. The predicted octanol–water partition coefficient (Wildman–Crippen LogP) is 4.30. The molecule has 0 radical (unpaired) electrons. The minimum Gasteiger partial charge on any atom is -0.444 e. The van der Waals surface area contributed by atoms with E-state index in [4.69, 9.17) is 9.47 Å². The lowest BCUT2D eigenvalue weighted by molar-refractivity contribution is 0.141. The molecule has 0 atom stereocenters. The van der Waals surface area contributed by atoms with E-state index in [0.717, 1.165) is 17.5 Å². The predicted molar refractivity (Wildman–Crippen MR) is 124 cm³/mol. The number of benzene rings is 2. The summed E-state index contributed by atoms with van der Waals surface area (Å²) in [5.41, 5.74) is 4.42. The Bertz CT molecular complexity index is 839. The number of guanidine groups is 1. The van der Waals surface area contributed by atoms with Crippen LogP contribution in [0.5, 0.6) is 0 Å². The average molecular weight is 439 g/mol. The number of ether oxygens (including phenoxy) is 2. The lowest BCUT2D eigenvalue weighted by atomic mass is 9.90. The fourth-order valence-corrected chi connectivity index (χ4v) is 2.59. The molecule has 2 aromatic rings. The van der Waals surface area contributed by atoms with E-state index in [1.807, 2.05) is 80.6 Å². The Balaban J connectivity index is 1.94. The third kappa shape index (κ3) is 9.80. The van der Waals surface area contributed by atoms with Gasteiger partial charge in [-0.05, 0) is 23.0 Å². The van der Waals surface area contributed by atoms with Crippen molar-refractivity contribution in [3.8, 4) is 0 Å². The van der Waals surface area contributed by atoms with E-state index in [-0.39, 0.29) is 24.6 Å². The Hall–Kier alpha value is -3.81. The van der Waals surface area contributed by atoms with Crippen LogP contribution in [0.1, 0.15) is 31.4 Å². The summed E-state index contributed by atoms with van der Waals surface area (Å²) in [6.07, 6.45) is 1.07. The first-order chi connectivity index (χ1) is 15.4. The van der Waals surface area contributed by atoms with Gasteiger partial charge in [0.15, 0.2) is 0 Å². The van der Waals surface area contributed by atoms with Gasteiger partial charge in [0, 0.05) is 6.54 Å². The molecule has 0 saturated carbocycles. The van der Waals surface area contributed by atoms with Crippen LogP contribution in [0.3, 0.4) is 0 Å². The number of alkyl carbamates (subject to hydrolysis) is 2. The first kappa shape index (κ1) is 24.5. The molecular formula is C24H30N4O4. The minimum atomic E-state index is -0.761. The summed E-state index contributed by atoms with van der Waals surface area (Å²) >= 11 is 0. The van der Waals surface area contributed by atoms with Crippen molar-refractivity contribution in [3.05, 3.63) is 84.4 Å². The molecule has 0 fully saturated rings. The van der Waals surface area contributed by atoms with Crippen LogP contribution in [0.4, 0.5) is 9.59 Å². The molecule has 2 aromatic carbocycles. The van der Waals surface area contributed by atoms with Crippen molar-refractivity contribution in [2.45, 2.75) is 33.5 Å². The molecule has 0 aromatic heterocycles. The van der Waals surface area contributed by atoms with Crippen molar-refractivity contribution in [2.24, 2.45) is 10.5 Å². The highest BCUT2D eigenvalue weighted by atomic mass is 16.6. The van der Waals surface area contributed by atoms with Gasteiger partial charge in [-0.3, -0.25) is 10.6 Å². The first-order valence-corrected chi connectivity index (χ1v) is 10.2.